The largest absolute Gasteiger partial charge is 0.310 e. The molecular weight excluding hydrogens is 252 g/mol. The van der Waals surface area contributed by atoms with Crippen LogP contribution < -0.4 is 5.32 Å². The number of hydrogen-bond donors (Lipinski definition) is 1. The lowest BCUT2D eigenvalue weighted by molar-refractivity contribution is -0.384. The first-order valence-electron chi connectivity index (χ1n) is 7.30. The average molecular weight is 278 g/mol. The molecule has 4 heteroatoms. The number of benzene rings is 1. The van der Waals surface area contributed by atoms with Crippen molar-refractivity contribution in [1.82, 2.24) is 5.32 Å². The van der Waals surface area contributed by atoms with Gasteiger partial charge in [-0.25, -0.2) is 0 Å². The van der Waals surface area contributed by atoms with E-state index in [0.717, 1.165) is 12.1 Å². The summed E-state index contributed by atoms with van der Waals surface area (Å²) in [5.41, 5.74) is 1.12. The second-order valence-electron chi connectivity index (χ2n) is 6.13. The lowest BCUT2D eigenvalue weighted by Crippen LogP contribution is -2.31. The topological polar surface area (TPSA) is 55.2 Å². The van der Waals surface area contributed by atoms with Crippen LogP contribution in [-0.2, 0) is 0 Å². The van der Waals surface area contributed by atoms with Gasteiger partial charge in [0.2, 0.25) is 0 Å². The predicted octanol–water partition coefficient (Wildman–Crippen LogP) is 4.17. The second kappa shape index (κ2) is 7.39. The molecule has 0 saturated heterocycles. The average Bonchev–Trinajstić information content (AvgIpc) is 2.38. The Labute approximate surface area is 121 Å². The Kier molecular flexibility index (Phi) is 6.14. The number of hydrogen-bond acceptors (Lipinski definition) is 3. The van der Waals surface area contributed by atoms with Crippen molar-refractivity contribution in [3.63, 3.8) is 0 Å². The third-order valence-electron chi connectivity index (χ3n) is 3.95. The van der Waals surface area contributed by atoms with E-state index in [4.69, 9.17) is 0 Å². The molecule has 112 valence electrons. The van der Waals surface area contributed by atoms with Crippen LogP contribution in [0.15, 0.2) is 24.3 Å². The van der Waals surface area contributed by atoms with Crippen LogP contribution in [0.1, 0.15) is 46.2 Å². The van der Waals surface area contributed by atoms with Crippen LogP contribution in [0.3, 0.4) is 0 Å². The Hall–Kier alpha value is -1.42. The Balaban J connectivity index is 2.69. The van der Waals surface area contributed by atoms with Gasteiger partial charge in [0, 0.05) is 18.2 Å². The fourth-order valence-electron chi connectivity index (χ4n) is 2.58. The van der Waals surface area contributed by atoms with E-state index in [1.165, 1.54) is 6.07 Å². The molecule has 1 rings (SSSR count). The SMILES string of the molecule is CC(NCC(C(C)C)C(C)C)c1cccc([N+](=O)[O-])c1. The molecule has 0 aromatic heterocycles. The molecule has 0 spiro atoms. The van der Waals surface area contributed by atoms with E-state index in [1.54, 1.807) is 12.1 Å². The van der Waals surface area contributed by atoms with Crippen molar-refractivity contribution in [1.29, 1.82) is 0 Å². The van der Waals surface area contributed by atoms with E-state index in [-0.39, 0.29) is 16.7 Å². The van der Waals surface area contributed by atoms with Crippen LogP contribution in [0.5, 0.6) is 0 Å². The molecule has 0 aliphatic heterocycles. The molecule has 4 nitrogen and oxygen atoms in total. The quantitative estimate of drug-likeness (QED) is 0.601. The molecule has 0 bridgehead atoms. The fourth-order valence-corrected chi connectivity index (χ4v) is 2.58. The number of rotatable bonds is 7. The van der Waals surface area contributed by atoms with Crippen molar-refractivity contribution in [3.05, 3.63) is 39.9 Å². The molecule has 0 amide bonds. The molecule has 0 radical (unpaired) electrons. The monoisotopic (exact) mass is 278 g/mol. The summed E-state index contributed by atoms with van der Waals surface area (Å²) in [6.45, 7) is 11.9. The zero-order chi connectivity index (χ0) is 15.3. The van der Waals surface area contributed by atoms with Crippen LogP contribution in [0.25, 0.3) is 0 Å². The van der Waals surface area contributed by atoms with Gasteiger partial charge in [0.15, 0.2) is 0 Å². The van der Waals surface area contributed by atoms with E-state index < -0.39 is 0 Å². The molecule has 1 atom stereocenters. The van der Waals surface area contributed by atoms with Crippen LogP contribution in [0.2, 0.25) is 0 Å². The number of nitro groups is 1. The maximum absolute atomic E-state index is 10.8. The van der Waals surface area contributed by atoms with Gasteiger partial charge in [0.05, 0.1) is 4.92 Å². The van der Waals surface area contributed by atoms with E-state index in [1.807, 2.05) is 6.07 Å². The van der Waals surface area contributed by atoms with E-state index >= 15 is 0 Å². The van der Waals surface area contributed by atoms with E-state index in [9.17, 15) is 10.1 Å². The summed E-state index contributed by atoms with van der Waals surface area (Å²) in [5.74, 6) is 1.86. The summed E-state index contributed by atoms with van der Waals surface area (Å²) in [5, 5.41) is 14.3. The molecule has 0 aliphatic carbocycles. The molecule has 1 aromatic rings. The van der Waals surface area contributed by atoms with Crippen LogP contribution >= 0.6 is 0 Å². The highest BCUT2D eigenvalue weighted by molar-refractivity contribution is 5.35. The fraction of sp³-hybridized carbons (Fsp3) is 0.625. The third-order valence-corrected chi connectivity index (χ3v) is 3.95. The third kappa shape index (κ3) is 4.60. The summed E-state index contributed by atoms with van der Waals surface area (Å²) in [6, 6.07) is 6.98. The number of nitrogens with zero attached hydrogens (tertiary/aromatic N) is 1. The highest BCUT2D eigenvalue weighted by Gasteiger charge is 2.18. The zero-order valence-corrected chi connectivity index (χ0v) is 13.1. The summed E-state index contributed by atoms with van der Waals surface area (Å²) in [4.78, 5) is 10.5. The standard InChI is InChI=1S/C16H26N2O2/c1-11(2)16(12(3)4)10-17-13(5)14-7-6-8-15(9-14)18(19)20/h6-9,11-13,16-17H,10H2,1-5H3. The highest BCUT2D eigenvalue weighted by atomic mass is 16.6. The van der Waals surface area contributed by atoms with Crippen molar-refractivity contribution in [3.8, 4) is 0 Å². The van der Waals surface area contributed by atoms with Gasteiger partial charge in [0.25, 0.3) is 5.69 Å². The normalized spacial score (nSPS) is 13.2. The Bertz CT molecular complexity index is 436. The minimum atomic E-state index is -0.346. The van der Waals surface area contributed by atoms with Gasteiger partial charge in [0.1, 0.15) is 0 Å². The molecule has 0 saturated carbocycles. The van der Waals surface area contributed by atoms with Crippen molar-refractivity contribution in [2.45, 2.75) is 40.7 Å². The smallest absolute Gasteiger partial charge is 0.269 e. The molecule has 0 heterocycles. The minimum absolute atomic E-state index is 0.120. The molecule has 20 heavy (non-hydrogen) atoms. The maximum atomic E-state index is 10.8. The summed E-state index contributed by atoms with van der Waals surface area (Å²) in [7, 11) is 0. The van der Waals surface area contributed by atoms with Crippen molar-refractivity contribution < 1.29 is 4.92 Å². The molecule has 1 N–H and O–H groups in total. The van der Waals surface area contributed by atoms with E-state index in [2.05, 4.69) is 39.9 Å². The highest BCUT2D eigenvalue weighted by Crippen LogP contribution is 2.22. The number of nitro benzene ring substituents is 1. The van der Waals surface area contributed by atoms with Gasteiger partial charge >= 0.3 is 0 Å². The lowest BCUT2D eigenvalue weighted by Gasteiger charge is -2.27. The molecule has 0 fully saturated rings. The van der Waals surface area contributed by atoms with Crippen molar-refractivity contribution >= 4 is 5.69 Å². The van der Waals surface area contributed by atoms with Crippen LogP contribution in [0, 0.1) is 27.9 Å². The van der Waals surface area contributed by atoms with Gasteiger partial charge in [-0.2, -0.15) is 0 Å². The molecule has 0 aliphatic rings. The van der Waals surface area contributed by atoms with Crippen LogP contribution in [-0.4, -0.2) is 11.5 Å². The first kappa shape index (κ1) is 16.6. The van der Waals surface area contributed by atoms with Crippen molar-refractivity contribution in [2.24, 2.45) is 17.8 Å². The zero-order valence-electron chi connectivity index (χ0n) is 13.1. The van der Waals surface area contributed by atoms with Crippen molar-refractivity contribution in [2.75, 3.05) is 6.54 Å². The van der Waals surface area contributed by atoms with E-state index in [0.29, 0.717) is 17.8 Å². The maximum Gasteiger partial charge on any atom is 0.269 e. The molecule has 1 unspecified atom stereocenters. The lowest BCUT2D eigenvalue weighted by atomic mass is 9.85. The van der Waals surface area contributed by atoms with Gasteiger partial charge in [-0.05, 0) is 36.8 Å². The Morgan fingerprint density at radius 3 is 2.25 bits per heavy atom. The number of nitrogens with one attached hydrogen (secondary N) is 1. The summed E-state index contributed by atoms with van der Waals surface area (Å²) in [6.07, 6.45) is 0. The Morgan fingerprint density at radius 2 is 1.75 bits per heavy atom. The van der Waals surface area contributed by atoms with Gasteiger partial charge in [-0.1, -0.05) is 39.8 Å². The van der Waals surface area contributed by atoms with Gasteiger partial charge in [-0.3, -0.25) is 10.1 Å². The molecule has 1 aromatic carbocycles. The summed E-state index contributed by atoms with van der Waals surface area (Å²) < 4.78 is 0. The first-order chi connectivity index (χ1) is 9.32. The Morgan fingerprint density at radius 1 is 1.15 bits per heavy atom. The van der Waals surface area contributed by atoms with Crippen LogP contribution in [0.4, 0.5) is 5.69 Å². The predicted molar refractivity (Wildman–Crippen MR) is 82.7 cm³/mol. The van der Waals surface area contributed by atoms with Gasteiger partial charge < -0.3 is 5.32 Å². The van der Waals surface area contributed by atoms with Gasteiger partial charge in [-0.15, -0.1) is 0 Å². The molecular formula is C16H26N2O2. The summed E-state index contributed by atoms with van der Waals surface area (Å²) >= 11 is 0. The number of non-ortho nitro benzene ring substituents is 1. The second-order valence-corrected chi connectivity index (χ2v) is 6.13. The minimum Gasteiger partial charge on any atom is -0.310 e. The first-order valence-corrected chi connectivity index (χ1v) is 7.30.